The van der Waals surface area contributed by atoms with Gasteiger partial charge in [-0.1, -0.05) is 17.9 Å². The van der Waals surface area contributed by atoms with Crippen LogP contribution in [-0.4, -0.2) is 11.9 Å². The second-order valence-electron chi connectivity index (χ2n) is 4.05. The van der Waals surface area contributed by atoms with E-state index >= 15 is 0 Å². The maximum atomic E-state index is 12.0. The van der Waals surface area contributed by atoms with Crippen LogP contribution in [0.1, 0.15) is 19.4 Å². The Balaban J connectivity index is 2.90. The molecule has 0 spiro atoms. The summed E-state index contributed by atoms with van der Waals surface area (Å²) >= 11 is 0. The zero-order valence-corrected chi connectivity index (χ0v) is 9.43. The van der Waals surface area contributed by atoms with E-state index in [2.05, 4.69) is 16.6 Å². The summed E-state index contributed by atoms with van der Waals surface area (Å²) in [7, 11) is 0. The molecule has 5 heteroatoms. The lowest BCUT2D eigenvalue weighted by Crippen LogP contribution is -2.29. The van der Waals surface area contributed by atoms with Gasteiger partial charge in [0, 0.05) is 5.56 Å². The molecule has 0 saturated heterocycles. The molecule has 0 bridgehead atoms. The average Bonchev–Trinajstić information content (AvgIpc) is 2.11. The molecule has 2 nitrogen and oxygen atoms in total. The van der Waals surface area contributed by atoms with E-state index < -0.39 is 11.9 Å². The molecule has 0 atom stereocenters. The van der Waals surface area contributed by atoms with Gasteiger partial charge >= 0.3 is 6.36 Å². The fraction of sp³-hybridized carbons (Fsp3) is 0.333. The van der Waals surface area contributed by atoms with Gasteiger partial charge in [0.05, 0.1) is 5.54 Å². The predicted molar refractivity (Wildman–Crippen MR) is 58.3 cm³/mol. The Morgan fingerprint density at radius 2 is 1.88 bits per heavy atom. The van der Waals surface area contributed by atoms with Crippen LogP contribution in [0.2, 0.25) is 0 Å². The SMILES string of the molecule is CC(C)(N)C#Cc1cccc(OC(F)(F)F)c1. The first-order chi connectivity index (χ1) is 7.66. The van der Waals surface area contributed by atoms with E-state index in [4.69, 9.17) is 5.73 Å². The fourth-order valence-electron chi connectivity index (χ4n) is 1.00. The topological polar surface area (TPSA) is 35.2 Å². The third kappa shape index (κ3) is 5.83. The molecule has 0 aromatic heterocycles. The van der Waals surface area contributed by atoms with E-state index in [1.165, 1.54) is 18.2 Å². The number of hydrogen-bond acceptors (Lipinski definition) is 2. The molecule has 0 aliphatic rings. The summed E-state index contributed by atoms with van der Waals surface area (Å²) in [6, 6.07) is 5.45. The third-order valence-electron chi connectivity index (χ3n) is 1.60. The van der Waals surface area contributed by atoms with E-state index in [0.717, 1.165) is 0 Å². The van der Waals surface area contributed by atoms with Gasteiger partial charge in [-0.3, -0.25) is 0 Å². The summed E-state index contributed by atoms with van der Waals surface area (Å²) < 4.78 is 39.7. The lowest BCUT2D eigenvalue weighted by Gasteiger charge is -2.09. The van der Waals surface area contributed by atoms with Crippen molar-refractivity contribution in [2.24, 2.45) is 5.73 Å². The Kier molecular flexibility index (Phi) is 3.69. The van der Waals surface area contributed by atoms with Crippen LogP contribution in [0.15, 0.2) is 24.3 Å². The Bertz CT molecular complexity index is 449. The van der Waals surface area contributed by atoms with Crippen molar-refractivity contribution >= 4 is 0 Å². The fourth-order valence-corrected chi connectivity index (χ4v) is 1.00. The second-order valence-corrected chi connectivity index (χ2v) is 4.05. The molecule has 2 N–H and O–H groups in total. The number of ether oxygens (including phenoxy) is 1. The van der Waals surface area contributed by atoms with Crippen molar-refractivity contribution in [3.63, 3.8) is 0 Å². The number of halogens is 3. The zero-order chi connectivity index (χ0) is 13.1. The normalized spacial score (nSPS) is 11.6. The van der Waals surface area contributed by atoms with Crippen LogP contribution in [-0.2, 0) is 0 Å². The van der Waals surface area contributed by atoms with Gasteiger partial charge in [-0.25, -0.2) is 0 Å². The summed E-state index contributed by atoms with van der Waals surface area (Å²) in [5.74, 6) is 5.12. The minimum absolute atomic E-state index is 0.292. The molecule has 92 valence electrons. The number of hydrogen-bond donors (Lipinski definition) is 1. The molecule has 0 unspecified atom stereocenters. The van der Waals surface area contributed by atoms with Gasteiger partial charge in [0.1, 0.15) is 5.75 Å². The minimum atomic E-state index is -4.70. The molecule has 0 saturated carbocycles. The molecule has 17 heavy (non-hydrogen) atoms. The minimum Gasteiger partial charge on any atom is -0.406 e. The Morgan fingerprint density at radius 1 is 1.24 bits per heavy atom. The van der Waals surface area contributed by atoms with E-state index in [1.807, 2.05) is 0 Å². The van der Waals surface area contributed by atoms with Crippen molar-refractivity contribution in [3.05, 3.63) is 29.8 Å². The molecule has 1 aromatic rings. The van der Waals surface area contributed by atoms with E-state index in [-0.39, 0.29) is 5.75 Å². The van der Waals surface area contributed by atoms with Crippen LogP contribution >= 0.6 is 0 Å². The molecule has 0 fully saturated rings. The molecular weight excluding hydrogens is 231 g/mol. The smallest absolute Gasteiger partial charge is 0.406 e. The van der Waals surface area contributed by atoms with Gasteiger partial charge in [-0.15, -0.1) is 13.2 Å². The quantitative estimate of drug-likeness (QED) is 0.769. The maximum absolute atomic E-state index is 12.0. The molecule has 1 rings (SSSR count). The number of rotatable bonds is 1. The lowest BCUT2D eigenvalue weighted by molar-refractivity contribution is -0.274. The summed E-state index contributed by atoms with van der Waals surface area (Å²) in [5, 5.41) is 0. The molecule has 0 aliphatic carbocycles. The molecule has 0 radical (unpaired) electrons. The van der Waals surface area contributed by atoms with E-state index in [0.29, 0.717) is 5.56 Å². The van der Waals surface area contributed by atoms with Gasteiger partial charge < -0.3 is 10.5 Å². The molecular formula is C12H12F3NO. The van der Waals surface area contributed by atoms with Crippen molar-refractivity contribution < 1.29 is 17.9 Å². The highest BCUT2D eigenvalue weighted by Gasteiger charge is 2.31. The van der Waals surface area contributed by atoms with Crippen molar-refractivity contribution in [2.75, 3.05) is 0 Å². The van der Waals surface area contributed by atoms with Crippen LogP contribution in [0, 0.1) is 11.8 Å². The van der Waals surface area contributed by atoms with Gasteiger partial charge in [0.2, 0.25) is 0 Å². The van der Waals surface area contributed by atoms with Crippen molar-refractivity contribution in [3.8, 4) is 17.6 Å². The molecule has 0 aliphatic heterocycles. The highest BCUT2D eigenvalue weighted by Crippen LogP contribution is 2.23. The lowest BCUT2D eigenvalue weighted by atomic mass is 10.1. The summed E-state index contributed by atoms with van der Waals surface area (Å²) in [6.07, 6.45) is -4.70. The predicted octanol–water partition coefficient (Wildman–Crippen LogP) is 2.67. The van der Waals surface area contributed by atoms with Gasteiger partial charge in [-0.2, -0.15) is 0 Å². The first-order valence-electron chi connectivity index (χ1n) is 4.84. The van der Waals surface area contributed by atoms with Crippen LogP contribution in [0.5, 0.6) is 5.75 Å². The van der Waals surface area contributed by atoms with E-state index in [9.17, 15) is 13.2 Å². The Morgan fingerprint density at radius 3 is 2.41 bits per heavy atom. The van der Waals surface area contributed by atoms with E-state index in [1.54, 1.807) is 19.9 Å². The largest absolute Gasteiger partial charge is 0.573 e. The maximum Gasteiger partial charge on any atom is 0.573 e. The standard InChI is InChI=1S/C12H12F3NO/c1-11(2,16)7-6-9-4-3-5-10(8-9)17-12(13,14)15/h3-5,8H,16H2,1-2H3. The van der Waals surface area contributed by atoms with Crippen molar-refractivity contribution in [1.82, 2.24) is 0 Å². The molecule has 0 heterocycles. The second kappa shape index (κ2) is 4.68. The summed E-state index contributed by atoms with van der Waals surface area (Å²) in [6.45, 7) is 3.41. The van der Waals surface area contributed by atoms with Crippen LogP contribution in [0.3, 0.4) is 0 Å². The zero-order valence-electron chi connectivity index (χ0n) is 9.43. The van der Waals surface area contributed by atoms with Gasteiger partial charge in [-0.05, 0) is 32.0 Å². The van der Waals surface area contributed by atoms with Crippen LogP contribution < -0.4 is 10.5 Å². The first kappa shape index (κ1) is 13.4. The number of benzene rings is 1. The highest BCUT2D eigenvalue weighted by molar-refractivity contribution is 5.41. The monoisotopic (exact) mass is 243 g/mol. The summed E-state index contributed by atoms with van der Waals surface area (Å²) in [4.78, 5) is 0. The molecule has 0 amide bonds. The Hall–Kier alpha value is -1.67. The number of nitrogens with two attached hydrogens (primary N) is 1. The number of alkyl halides is 3. The first-order valence-corrected chi connectivity index (χ1v) is 4.84. The highest BCUT2D eigenvalue weighted by atomic mass is 19.4. The van der Waals surface area contributed by atoms with Gasteiger partial charge in [0.25, 0.3) is 0 Å². The average molecular weight is 243 g/mol. The van der Waals surface area contributed by atoms with Crippen molar-refractivity contribution in [1.29, 1.82) is 0 Å². The summed E-state index contributed by atoms with van der Waals surface area (Å²) in [5.41, 5.74) is 5.37. The van der Waals surface area contributed by atoms with Crippen LogP contribution in [0.4, 0.5) is 13.2 Å². The Labute approximate surface area is 97.6 Å². The van der Waals surface area contributed by atoms with Crippen LogP contribution in [0.25, 0.3) is 0 Å². The molecule has 1 aromatic carbocycles. The third-order valence-corrected chi connectivity index (χ3v) is 1.60. The van der Waals surface area contributed by atoms with Crippen molar-refractivity contribution in [2.45, 2.75) is 25.7 Å². The van der Waals surface area contributed by atoms with Gasteiger partial charge in [0.15, 0.2) is 0 Å².